The van der Waals surface area contributed by atoms with E-state index in [1.807, 2.05) is 19.1 Å². The number of phenols is 1. The number of aromatic hydroxyl groups is 1. The van der Waals surface area contributed by atoms with Crippen LogP contribution in [0.2, 0.25) is 0 Å². The minimum atomic E-state index is 0.313. The van der Waals surface area contributed by atoms with E-state index in [4.69, 9.17) is 0 Å². The van der Waals surface area contributed by atoms with Gasteiger partial charge in [-0.1, -0.05) is 12.1 Å². The average molecular weight is 290 g/mol. The number of nitrogens with one attached hydrogen (secondary N) is 1. The summed E-state index contributed by atoms with van der Waals surface area (Å²) in [6.07, 6.45) is 0.946. The third kappa shape index (κ3) is 3.81. The van der Waals surface area contributed by atoms with E-state index in [0.717, 1.165) is 17.1 Å². The molecule has 4 heteroatoms. The molecule has 1 aromatic carbocycles. The molecule has 0 aliphatic rings. The van der Waals surface area contributed by atoms with Gasteiger partial charge in [0, 0.05) is 17.0 Å². The lowest BCUT2D eigenvalue weighted by Crippen LogP contribution is -2.30. The lowest BCUT2D eigenvalue weighted by atomic mass is 10.1. The van der Waals surface area contributed by atoms with Crippen LogP contribution in [0.15, 0.2) is 24.3 Å². The highest BCUT2D eigenvalue weighted by Gasteiger charge is 2.15. The molecule has 0 radical (unpaired) electrons. The summed E-state index contributed by atoms with van der Waals surface area (Å²) in [5.74, 6) is 0.318. The molecule has 2 unspecified atom stereocenters. The maximum atomic E-state index is 9.30. The zero-order valence-electron chi connectivity index (χ0n) is 12.5. The zero-order valence-corrected chi connectivity index (χ0v) is 13.3. The summed E-state index contributed by atoms with van der Waals surface area (Å²) >= 11 is 1.77. The molecule has 108 valence electrons. The minimum absolute atomic E-state index is 0.313. The number of thiazole rings is 1. The van der Waals surface area contributed by atoms with Crippen LogP contribution in [-0.4, -0.2) is 16.1 Å². The zero-order chi connectivity index (χ0) is 14.7. The molecule has 3 nitrogen and oxygen atoms in total. The van der Waals surface area contributed by atoms with Gasteiger partial charge >= 0.3 is 0 Å². The number of benzene rings is 1. The van der Waals surface area contributed by atoms with E-state index in [9.17, 15) is 5.11 Å². The summed E-state index contributed by atoms with van der Waals surface area (Å²) in [7, 11) is 0. The molecule has 2 atom stereocenters. The summed E-state index contributed by atoms with van der Waals surface area (Å²) in [5.41, 5.74) is 2.36. The maximum Gasteiger partial charge on any atom is 0.115 e. The van der Waals surface area contributed by atoms with Gasteiger partial charge in [0.2, 0.25) is 0 Å². The minimum Gasteiger partial charge on any atom is -0.508 e. The lowest BCUT2D eigenvalue weighted by molar-refractivity contribution is 0.471. The largest absolute Gasteiger partial charge is 0.508 e. The van der Waals surface area contributed by atoms with E-state index < -0.39 is 0 Å². The fourth-order valence-electron chi connectivity index (χ4n) is 2.50. The molecule has 0 saturated heterocycles. The van der Waals surface area contributed by atoms with Crippen molar-refractivity contribution in [2.75, 3.05) is 0 Å². The Morgan fingerprint density at radius 2 is 1.85 bits per heavy atom. The van der Waals surface area contributed by atoms with Crippen molar-refractivity contribution in [3.8, 4) is 5.75 Å². The lowest BCUT2D eigenvalue weighted by Gasteiger charge is -2.19. The summed E-state index contributed by atoms with van der Waals surface area (Å²) in [6, 6.07) is 8.11. The van der Waals surface area contributed by atoms with Crippen LogP contribution in [0, 0.1) is 13.8 Å². The van der Waals surface area contributed by atoms with Gasteiger partial charge < -0.3 is 10.4 Å². The number of aryl methyl sites for hydroxylation is 2. The Labute approximate surface area is 124 Å². The fraction of sp³-hybridized carbons (Fsp3) is 0.438. The molecule has 0 saturated carbocycles. The molecule has 0 aliphatic heterocycles. The average Bonchev–Trinajstić information content (AvgIpc) is 2.71. The molecule has 2 aromatic rings. The van der Waals surface area contributed by atoms with Crippen molar-refractivity contribution < 1.29 is 5.11 Å². The van der Waals surface area contributed by atoms with Crippen molar-refractivity contribution >= 4 is 11.3 Å². The summed E-state index contributed by atoms with van der Waals surface area (Å²) < 4.78 is 0. The first-order valence-electron chi connectivity index (χ1n) is 6.93. The normalized spacial score (nSPS) is 14.2. The van der Waals surface area contributed by atoms with E-state index in [1.165, 1.54) is 10.4 Å². The standard InChI is InChI=1S/C16H22N2OS/c1-10(9-14-5-7-15(19)8-6-14)17-11(2)16-12(3)18-13(4)20-16/h5-8,10-11,17,19H,9H2,1-4H3. The highest BCUT2D eigenvalue weighted by atomic mass is 32.1. The SMILES string of the molecule is Cc1nc(C)c(C(C)NC(C)Cc2ccc(O)cc2)s1. The molecule has 20 heavy (non-hydrogen) atoms. The molecule has 0 aliphatic carbocycles. The first-order chi connectivity index (χ1) is 9.45. The first kappa shape index (κ1) is 15.0. The highest BCUT2D eigenvalue weighted by Crippen LogP contribution is 2.25. The van der Waals surface area contributed by atoms with E-state index in [2.05, 4.69) is 31.1 Å². The van der Waals surface area contributed by atoms with E-state index in [0.29, 0.717) is 17.8 Å². The molecule has 2 N–H and O–H groups in total. The number of phenolic OH excluding ortho intramolecular Hbond substituents is 1. The van der Waals surface area contributed by atoms with Crippen molar-refractivity contribution in [1.82, 2.24) is 10.3 Å². The fourth-order valence-corrected chi connectivity index (χ4v) is 3.43. The van der Waals surface area contributed by atoms with Gasteiger partial charge in [0.15, 0.2) is 0 Å². The van der Waals surface area contributed by atoms with Crippen molar-refractivity contribution in [2.45, 2.75) is 46.2 Å². The quantitative estimate of drug-likeness (QED) is 0.881. The topological polar surface area (TPSA) is 45.2 Å². The van der Waals surface area contributed by atoms with Gasteiger partial charge in [-0.15, -0.1) is 11.3 Å². The molecule has 2 rings (SSSR count). The molecule has 1 heterocycles. The van der Waals surface area contributed by atoms with Crippen LogP contribution >= 0.6 is 11.3 Å². The Hall–Kier alpha value is -1.39. The second kappa shape index (κ2) is 6.37. The number of aromatic nitrogens is 1. The number of rotatable bonds is 5. The van der Waals surface area contributed by atoms with Crippen molar-refractivity contribution in [3.05, 3.63) is 45.4 Å². The first-order valence-corrected chi connectivity index (χ1v) is 7.75. The summed E-state index contributed by atoms with van der Waals surface area (Å²) in [4.78, 5) is 5.80. The van der Waals surface area contributed by atoms with Gasteiger partial charge in [0.05, 0.1) is 10.7 Å². The summed E-state index contributed by atoms with van der Waals surface area (Å²) in [5, 5.41) is 14.0. The predicted octanol–water partition coefficient (Wildman–Crippen LogP) is 3.75. The van der Waals surface area contributed by atoms with Gasteiger partial charge in [-0.25, -0.2) is 4.98 Å². The third-order valence-electron chi connectivity index (χ3n) is 3.35. The Morgan fingerprint density at radius 1 is 1.20 bits per heavy atom. The Morgan fingerprint density at radius 3 is 2.40 bits per heavy atom. The smallest absolute Gasteiger partial charge is 0.115 e. The van der Waals surface area contributed by atoms with Crippen molar-refractivity contribution in [1.29, 1.82) is 0 Å². The van der Waals surface area contributed by atoms with Gasteiger partial charge in [-0.05, 0) is 51.8 Å². The number of hydrogen-bond donors (Lipinski definition) is 2. The maximum absolute atomic E-state index is 9.30. The van der Waals surface area contributed by atoms with Crippen LogP contribution in [0.5, 0.6) is 5.75 Å². The van der Waals surface area contributed by atoms with E-state index >= 15 is 0 Å². The highest BCUT2D eigenvalue weighted by molar-refractivity contribution is 7.11. The van der Waals surface area contributed by atoms with Crippen LogP contribution < -0.4 is 5.32 Å². The van der Waals surface area contributed by atoms with Gasteiger partial charge in [0.25, 0.3) is 0 Å². The van der Waals surface area contributed by atoms with Gasteiger partial charge in [-0.2, -0.15) is 0 Å². The van der Waals surface area contributed by atoms with Crippen molar-refractivity contribution in [3.63, 3.8) is 0 Å². The Kier molecular flexibility index (Phi) is 4.78. The molecular formula is C16H22N2OS. The molecule has 0 bridgehead atoms. The second-order valence-electron chi connectivity index (χ2n) is 5.34. The van der Waals surface area contributed by atoms with Crippen molar-refractivity contribution in [2.24, 2.45) is 0 Å². The van der Waals surface area contributed by atoms with Crippen LogP contribution in [0.4, 0.5) is 0 Å². The number of hydrogen-bond acceptors (Lipinski definition) is 4. The van der Waals surface area contributed by atoms with Crippen LogP contribution in [0.1, 0.15) is 41.0 Å². The van der Waals surface area contributed by atoms with Gasteiger partial charge in [0.1, 0.15) is 5.75 Å². The molecular weight excluding hydrogens is 268 g/mol. The Balaban J connectivity index is 1.95. The second-order valence-corrected chi connectivity index (χ2v) is 6.58. The molecule has 0 spiro atoms. The Bertz CT molecular complexity index is 562. The molecule has 0 fully saturated rings. The third-order valence-corrected chi connectivity index (χ3v) is 4.60. The van der Waals surface area contributed by atoms with E-state index in [-0.39, 0.29) is 0 Å². The predicted molar refractivity (Wildman–Crippen MR) is 84.4 cm³/mol. The monoisotopic (exact) mass is 290 g/mol. The molecule has 1 aromatic heterocycles. The van der Waals surface area contributed by atoms with Crippen LogP contribution in [0.25, 0.3) is 0 Å². The van der Waals surface area contributed by atoms with Gasteiger partial charge in [-0.3, -0.25) is 0 Å². The summed E-state index contributed by atoms with van der Waals surface area (Å²) in [6.45, 7) is 8.50. The number of nitrogens with zero attached hydrogens (tertiary/aromatic N) is 1. The molecule has 0 amide bonds. The van der Waals surface area contributed by atoms with E-state index in [1.54, 1.807) is 23.5 Å². The van der Waals surface area contributed by atoms with Crippen LogP contribution in [-0.2, 0) is 6.42 Å². The van der Waals surface area contributed by atoms with Crippen LogP contribution in [0.3, 0.4) is 0 Å².